The predicted molar refractivity (Wildman–Crippen MR) is 113 cm³/mol. The van der Waals surface area contributed by atoms with Crippen molar-refractivity contribution in [3.8, 4) is 17.2 Å². The summed E-state index contributed by atoms with van der Waals surface area (Å²) >= 11 is 5.84. The van der Waals surface area contributed by atoms with Crippen molar-refractivity contribution in [3.05, 3.63) is 70.6 Å². The molecule has 0 spiro atoms. The topological polar surface area (TPSA) is 81.4 Å². The Balaban J connectivity index is 1.55. The lowest BCUT2D eigenvalue weighted by Crippen LogP contribution is -2.28. The molecular formula is C21H21ClN2O4S. The molecule has 1 N–H and O–H groups in total. The third-order valence-corrected chi connectivity index (χ3v) is 5.65. The molecule has 29 heavy (non-hydrogen) atoms. The fraction of sp³-hybridized carbons (Fsp3) is 0.238. The maximum absolute atomic E-state index is 12.4. The summed E-state index contributed by atoms with van der Waals surface area (Å²) < 4.78 is 23.2. The van der Waals surface area contributed by atoms with E-state index in [1.165, 1.54) is 0 Å². The molecule has 1 heterocycles. The first-order valence-electron chi connectivity index (χ1n) is 8.91. The van der Waals surface area contributed by atoms with Crippen molar-refractivity contribution < 1.29 is 18.2 Å². The molecule has 1 atom stereocenters. The van der Waals surface area contributed by atoms with Gasteiger partial charge in [0, 0.05) is 27.9 Å². The zero-order chi connectivity index (χ0) is 20.8. The first-order chi connectivity index (χ1) is 13.9. The van der Waals surface area contributed by atoms with Gasteiger partial charge in [0.05, 0.1) is 18.6 Å². The molecular weight excluding hydrogens is 412 g/mol. The van der Waals surface area contributed by atoms with Crippen LogP contribution in [0.15, 0.2) is 52.9 Å². The van der Waals surface area contributed by atoms with E-state index in [0.29, 0.717) is 28.9 Å². The highest BCUT2D eigenvalue weighted by atomic mass is 35.5. The summed E-state index contributed by atoms with van der Waals surface area (Å²) in [6.45, 7) is 2.13. The standard InChI is InChI=1S/C21H21ClN2O4S/c1-14-19(24-21(28-14)16-5-9-18(27-2)10-6-16)12-29(26)13-20(25)23-11-15-3-7-17(22)8-4-15/h3-10H,11-13H2,1-2H3,(H,23,25)/t29-/m0/s1. The highest BCUT2D eigenvalue weighted by molar-refractivity contribution is 7.84. The predicted octanol–water partition coefficient (Wildman–Crippen LogP) is 3.88. The molecule has 0 aliphatic heterocycles. The molecule has 3 rings (SSSR count). The molecule has 0 saturated carbocycles. The van der Waals surface area contributed by atoms with E-state index in [1.807, 2.05) is 36.4 Å². The highest BCUT2D eigenvalue weighted by Crippen LogP contribution is 2.24. The minimum absolute atomic E-state index is 0.0994. The van der Waals surface area contributed by atoms with E-state index >= 15 is 0 Å². The maximum atomic E-state index is 12.4. The Labute approximate surface area is 176 Å². The van der Waals surface area contributed by atoms with E-state index < -0.39 is 10.8 Å². The van der Waals surface area contributed by atoms with Gasteiger partial charge in [0.25, 0.3) is 0 Å². The molecule has 0 fully saturated rings. The second-order valence-corrected chi connectivity index (χ2v) is 8.28. The van der Waals surface area contributed by atoms with E-state index in [-0.39, 0.29) is 17.4 Å². The van der Waals surface area contributed by atoms with Gasteiger partial charge >= 0.3 is 0 Å². The number of hydrogen-bond donors (Lipinski definition) is 1. The Hall–Kier alpha value is -2.64. The number of hydrogen-bond acceptors (Lipinski definition) is 5. The molecule has 0 bridgehead atoms. The number of carbonyl (C=O) groups excluding carboxylic acids is 1. The Morgan fingerprint density at radius 1 is 1.17 bits per heavy atom. The van der Waals surface area contributed by atoms with Crippen LogP contribution in [0.5, 0.6) is 5.75 Å². The number of carbonyl (C=O) groups is 1. The van der Waals surface area contributed by atoms with E-state index in [0.717, 1.165) is 16.9 Å². The lowest BCUT2D eigenvalue weighted by atomic mass is 10.2. The van der Waals surface area contributed by atoms with Crippen molar-refractivity contribution in [1.29, 1.82) is 0 Å². The molecule has 0 aliphatic rings. The largest absolute Gasteiger partial charge is 0.497 e. The van der Waals surface area contributed by atoms with Crippen LogP contribution in [-0.4, -0.2) is 28.0 Å². The van der Waals surface area contributed by atoms with Crippen molar-refractivity contribution in [2.75, 3.05) is 12.9 Å². The minimum Gasteiger partial charge on any atom is -0.497 e. The van der Waals surface area contributed by atoms with Crippen LogP contribution >= 0.6 is 11.6 Å². The van der Waals surface area contributed by atoms with Gasteiger partial charge in [0.15, 0.2) is 0 Å². The number of amides is 1. The fourth-order valence-corrected chi connectivity index (χ4v) is 3.82. The van der Waals surface area contributed by atoms with Crippen molar-refractivity contribution in [2.45, 2.75) is 19.2 Å². The summed E-state index contributed by atoms with van der Waals surface area (Å²) in [5.74, 6) is 1.55. The summed E-state index contributed by atoms with van der Waals surface area (Å²) in [5.41, 5.74) is 2.30. The third kappa shape index (κ3) is 5.92. The monoisotopic (exact) mass is 432 g/mol. The number of halogens is 1. The van der Waals surface area contributed by atoms with Crippen LogP contribution in [0, 0.1) is 6.92 Å². The van der Waals surface area contributed by atoms with Crippen molar-refractivity contribution >= 4 is 28.3 Å². The number of oxazole rings is 1. The molecule has 6 nitrogen and oxygen atoms in total. The van der Waals surface area contributed by atoms with Crippen LogP contribution in [0.1, 0.15) is 17.0 Å². The SMILES string of the molecule is COc1ccc(-c2nc(C[S@](=O)CC(=O)NCc3ccc(Cl)cc3)c(C)o2)cc1. The smallest absolute Gasteiger partial charge is 0.232 e. The van der Waals surface area contributed by atoms with Crippen molar-refractivity contribution in [3.63, 3.8) is 0 Å². The van der Waals surface area contributed by atoms with Gasteiger partial charge in [-0.25, -0.2) is 4.98 Å². The number of nitrogens with one attached hydrogen (secondary N) is 1. The molecule has 0 saturated heterocycles. The molecule has 8 heteroatoms. The van der Waals surface area contributed by atoms with Crippen LogP contribution in [0.4, 0.5) is 0 Å². The van der Waals surface area contributed by atoms with Crippen molar-refractivity contribution in [2.24, 2.45) is 0 Å². The number of aryl methyl sites for hydroxylation is 1. The van der Waals surface area contributed by atoms with E-state index in [2.05, 4.69) is 10.3 Å². The van der Waals surface area contributed by atoms with Gasteiger partial charge in [-0.05, 0) is 48.9 Å². The average molecular weight is 433 g/mol. The van der Waals surface area contributed by atoms with E-state index in [1.54, 1.807) is 26.2 Å². The molecule has 0 unspecified atom stereocenters. The average Bonchev–Trinajstić information content (AvgIpc) is 3.07. The fourth-order valence-electron chi connectivity index (χ4n) is 2.62. The summed E-state index contributed by atoms with van der Waals surface area (Å²) in [6.07, 6.45) is 0. The van der Waals surface area contributed by atoms with Gasteiger partial charge < -0.3 is 14.5 Å². The second kappa shape index (κ2) is 9.71. The number of aromatic nitrogens is 1. The van der Waals surface area contributed by atoms with Gasteiger partial charge in [0.2, 0.25) is 11.8 Å². The van der Waals surface area contributed by atoms with Gasteiger partial charge in [-0.15, -0.1) is 0 Å². The third-order valence-electron chi connectivity index (χ3n) is 4.22. The van der Waals surface area contributed by atoms with Crippen LogP contribution in [0.2, 0.25) is 5.02 Å². The van der Waals surface area contributed by atoms with Gasteiger partial charge in [-0.2, -0.15) is 0 Å². The molecule has 1 aromatic heterocycles. The summed E-state index contributed by atoms with van der Waals surface area (Å²) in [4.78, 5) is 16.5. The Morgan fingerprint density at radius 2 is 1.86 bits per heavy atom. The molecule has 3 aromatic rings. The van der Waals surface area contributed by atoms with Gasteiger partial charge in [-0.3, -0.25) is 9.00 Å². The van der Waals surface area contributed by atoms with Crippen LogP contribution in [-0.2, 0) is 27.9 Å². The molecule has 2 aromatic carbocycles. The molecule has 0 aliphatic carbocycles. The summed E-state index contributed by atoms with van der Waals surface area (Å²) in [6, 6.07) is 14.5. The van der Waals surface area contributed by atoms with E-state index in [9.17, 15) is 9.00 Å². The molecule has 0 radical (unpaired) electrons. The zero-order valence-corrected chi connectivity index (χ0v) is 17.7. The van der Waals surface area contributed by atoms with Crippen LogP contribution < -0.4 is 10.1 Å². The quantitative estimate of drug-likeness (QED) is 0.584. The normalized spacial score (nSPS) is 11.8. The number of benzene rings is 2. The van der Waals surface area contributed by atoms with Crippen LogP contribution in [0.25, 0.3) is 11.5 Å². The molecule has 152 valence electrons. The number of ether oxygens (including phenoxy) is 1. The van der Waals surface area contributed by atoms with Gasteiger partial charge in [-0.1, -0.05) is 23.7 Å². The Kier molecular flexibility index (Phi) is 7.06. The van der Waals surface area contributed by atoms with Crippen LogP contribution in [0.3, 0.4) is 0 Å². The van der Waals surface area contributed by atoms with E-state index in [4.69, 9.17) is 20.8 Å². The maximum Gasteiger partial charge on any atom is 0.232 e. The number of nitrogens with zero attached hydrogens (tertiary/aromatic N) is 1. The Bertz CT molecular complexity index is 1000. The summed E-state index contributed by atoms with van der Waals surface area (Å²) in [5, 5.41) is 3.40. The first-order valence-corrected chi connectivity index (χ1v) is 10.8. The Morgan fingerprint density at radius 3 is 2.52 bits per heavy atom. The lowest BCUT2D eigenvalue weighted by Gasteiger charge is -2.05. The highest BCUT2D eigenvalue weighted by Gasteiger charge is 2.16. The second-order valence-electron chi connectivity index (χ2n) is 6.38. The number of methoxy groups -OCH3 is 1. The summed E-state index contributed by atoms with van der Waals surface area (Å²) in [7, 11) is 0.204. The number of rotatable bonds is 8. The zero-order valence-electron chi connectivity index (χ0n) is 16.1. The lowest BCUT2D eigenvalue weighted by molar-refractivity contribution is -0.118. The van der Waals surface area contributed by atoms with Crippen molar-refractivity contribution in [1.82, 2.24) is 10.3 Å². The molecule has 1 amide bonds. The first kappa shape index (κ1) is 21.1. The van der Waals surface area contributed by atoms with Gasteiger partial charge in [0.1, 0.15) is 17.3 Å². The minimum atomic E-state index is -1.40.